The fourth-order valence-corrected chi connectivity index (χ4v) is 2.40. The zero-order chi connectivity index (χ0) is 12.0. The smallest absolute Gasteiger partial charge is 0.104 e. The minimum Gasteiger partial charge on any atom is -0.379 e. The molecular weight excluding hydrogens is 222 g/mol. The minimum atomic E-state index is -0.00541. The van der Waals surface area contributed by atoms with E-state index in [-0.39, 0.29) is 12.2 Å². The standard InChI is InChI=1S/C12H21NO2S/c1-4-14-8-9(2)15-11(7-13)12-6-5-10(3)16-12/h5-6,9,11H,4,7-8,13H2,1-3H3. The Morgan fingerprint density at radius 3 is 2.69 bits per heavy atom. The summed E-state index contributed by atoms with van der Waals surface area (Å²) in [4.78, 5) is 2.48. The van der Waals surface area contributed by atoms with Gasteiger partial charge in [-0.3, -0.25) is 0 Å². The molecule has 4 heteroatoms. The van der Waals surface area contributed by atoms with Crippen LogP contribution in [0.2, 0.25) is 0 Å². The molecule has 0 spiro atoms. The zero-order valence-corrected chi connectivity index (χ0v) is 11.0. The molecule has 3 nitrogen and oxygen atoms in total. The van der Waals surface area contributed by atoms with Gasteiger partial charge in [0.25, 0.3) is 0 Å². The first-order chi connectivity index (χ1) is 7.67. The highest BCUT2D eigenvalue weighted by atomic mass is 32.1. The van der Waals surface area contributed by atoms with Crippen molar-refractivity contribution in [3.05, 3.63) is 21.9 Å². The summed E-state index contributed by atoms with van der Waals surface area (Å²) in [5.41, 5.74) is 5.73. The van der Waals surface area contributed by atoms with Crippen molar-refractivity contribution in [3.8, 4) is 0 Å². The maximum Gasteiger partial charge on any atom is 0.104 e. The average Bonchev–Trinajstić information content (AvgIpc) is 2.69. The Balaban J connectivity index is 2.48. The molecule has 0 amide bonds. The Hall–Kier alpha value is -0.420. The van der Waals surface area contributed by atoms with Crippen LogP contribution in [0.15, 0.2) is 12.1 Å². The molecule has 1 heterocycles. The highest BCUT2D eigenvalue weighted by Crippen LogP contribution is 2.25. The Morgan fingerprint density at radius 1 is 1.44 bits per heavy atom. The molecule has 1 aromatic rings. The second kappa shape index (κ2) is 7.01. The first-order valence-corrected chi connectivity index (χ1v) is 6.48. The molecule has 1 rings (SSSR count). The monoisotopic (exact) mass is 243 g/mol. The number of aryl methyl sites for hydroxylation is 1. The molecule has 0 fully saturated rings. The Bertz CT molecular complexity index is 301. The molecule has 16 heavy (non-hydrogen) atoms. The SMILES string of the molecule is CCOCC(C)OC(CN)c1ccc(C)s1. The first-order valence-electron chi connectivity index (χ1n) is 5.67. The largest absolute Gasteiger partial charge is 0.379 e. The van der Waals surface area contributed by atoms with Gasteiger partial charge in [0.15, 0.2) is 0 Å². The molecular formula is C12H21NO2S. The number of ether oxygens (including phenoxy) is 2. The molecule has 0 saturated carbocycles. The summed E-state index contributed by atoms with van der Waals surface area (Å²) in [7, 11) is 0. The fourth-order valence-electron chi connectivity index (χ4n) is 1.47. The van der Waals surface area contributed by atoms with E-state index in [4.69, 9.17) is 15.2 Å². The van der Waals surface area contributed by atoms with Crippen LogP contribution >= 0.6 is 11.3 Å². The molecule has 0 aliphatic carbocycles. The number of hydrogen-bond donors (Lipinski definition) is 1. The summed E-state index contributed by atoms with van der Waals surface area (Å²) >= 11 is 1.74. The second-order valence-electron chi connectivity index (χ2n) is 3.78. The van der Waals surface area contributed by atoms with Crippen LogP contribution in [0.3, 0.4) is 0 Å². The Morgan fingerprint density at radius 2 is 2.19 bits per heavy atom. The van der Waals surface area contributed by atoms with E-state index in [1.807, 2.05) is 13.8 Å². The summed E-state index contributed by atoms with van der Waals surface area (Å²) < 4.78 is 11.2. The molecule has 2 atom stereocenters. The van der Waals surface area contributed by atoms with Crippen LogP contribution in [-0.2, 0) is 9.47 Å². The van der Waals surface area contributed by atoms with Gasteiger partial charge in [-0.05, 0) is 32.9 Å². The zero-order valence-electron chi connectivity index (χ0n) is 10.2. The maximum atomic E-state index is 5.86. The van der Waals surface area contributed by atoms with Crippen LogP contribution in [0.5, 0.6) is 0 Å². The Labute approximate surface area is 102 Å². The van der Waals surface area contributed by atoms with Crippen LogP contribution in [0, 0.1) is 6.92 Å². The molecule has 1 aromatic heterocycles. The molecule has 2 N–H and O–H groups in total. The van der Waals surface area contributed by atoms with E-state index in [1.165, 1.54) is 9.75 Å². The van der Waals surface area contributed by atoms with E-state index in [1.54, 1.807) is 11.3 Å². The molecule has 2 unspecified atom stereocenters. The van der Waals surface area contributed by atoms with Crippen molar-refractivity contribution in [3.63, 3.8) is 0 Å². The van der Waals surface area contributed by atoms with E-state index in [2.05, 4.69) is 19.1 Å². The van der Waals surface area contributed by atoms with Crippen molar-refractivity contribution in [2.45, 2.75) is 33.0 Å². The number of nitrogens with two attached hydrogens (primary N) is 1. The van der Waals surface area contributed by atoms with Crippen molar-refractivity contribution in [1.29, 1.82) is 0 Å². The average molecular weight is 243 g/mol. The summed E-state index contributed by atoms with van der Waals surface area (Å²) in [6.07, 6.45) is 0.0741. The van der Waals surface area contributed by atoms with Crippen LogP contribution in [0.4, 0.5) is 0 Å². The van der Waals surface area contributed by atoms with Gasteiger partial charge in [-0.15, -0.1) is 11.3 Å². The number of hydrogen-bond acceptors (Lipinski definition) is 4. The van der Waals surface area contributed by atoms with E-state index in [0.717, 1.165) is 6.61 Å². The van der Waals surface area contributed by atoms with Crippen LogP contribution < -0.4 is 5.73 Å². The van der Waals surface area contributed by atoms with E-state index in [0.29, 0.717) is 13.2 Å². The van der Waals surface area contributed by atoms with Gasteiger partial charge in [-0.25, -0.2) is 0 Å². The van der Waals surface area contributed by atoms with Crippen molar-refractivity contribution in [2.75, 3.05) is 19.8 Å². The lowest BCUT2D eigenvalue weighted by Crippen LogP contribution is -2.23. The van der Waals surface area contributed by atoms with E-state index in [9.17, 15) is 0 Å². The van der Waals surface area contributed by atoms with Gasteiger partial charge < -0.3 is 15.2 Å². The molecule has 0 radical (unpaired) electrons. The van der Waals surface area contributed by atoms with Gasteiger partial charge >= 0.3 is 0 Å². The summed E-state index contributed by atoms with van der Waals surface area (Å²) in [5.74, 6) is 0. The second-order valence-corrected chi connectivity index (χ2v) is 5.10. The topological polar surface area (TPSA) is 44.5 Å². The third-order valence-corrected chi connectivity index (χ3v) is 3.34. The van der Waals surface area contributed by atoms with Gasteiger partial charge in [0, 0.05) is 22.9 Å². The number of thiophene rings is 1. The molecule has 92 valence electrons. The van der Waals surface area contributed by atoms with Gasteiger partial charge in [0.2, 0.25) is 0 Å². The highest BCUT2D eigenvalue weighted by Gasteiger charge is 2.15. The highest BCUT2D eigenvalue weighted by molar-refractivity contribution is 7.12. The predicted molar refractivity (Wildman–Crippen MR) is 67.9 cm³/mol. The normalized spacial score (nSPS) is 15.0. The lowest BCUT2D eigenvalue weighted by Gasteiger charge is -2.20. The molecule has 0 aromatic carbocycles. The summed E-state index contributed by atoms with van der Waals surface area (Å²) in [5, 5.41) is 0. The molecule has 0 aliphatic rings. The third kappa shape index (κ3) is 4.22. The van der Waals surface area contributed by atoms with Crippen molar-refractivity contribution in [2.24, 2.45) is 5.73 Å². The van der Waals surface area contributed by atoms with Crippen molar-refractivity contribution < 1.29 is 9.47 Å². The summed E-state index contributed by atoms with van der Waals surface area (Å²) in [6, 6.07) is 4.18. The quantitative estimate of drug-likeness (QED) is 0.800. The van der Waals surface area contributed by atoms with E-state index >= 15 is 0 Å². The van der Waals surface area contributed by atoms with E-state index < -0.39 is 0 Å². The van der Waals surface area contributed by atoms with Gasteiger partial charge in [-0.2, -0.15) is 0 Å². The summed E-state index contributed by atoms with van der Waals surface area (Å²) in [6.45, 7) is 7.94. The van der Waals surface area contributed by atoms with Gasteiger partial charge in [0.1, 0.15) is 6.10 Å². The molecule has 0 bridgehead atoms. The first kappa shape index (κ1) is 13.6. The lowest BCUT2D eigenvalue weighted by molar-refractivity contribution is -0.0428. The fraction of sp³-hybridized carbons (Fsp3) is 0.667. The molecule has 0 saturated heterocycles. The maximum absolute atomic E-state index is 5.86. The molecule has 0 aliphatic heterocycles. The Kier molecular flexibility index (Phi) is 5.98. The lowest BCUT2D eigenvalue weighted by atomic mass is 10.3. The van der Waals surface area contributed by atoms with Gasteiger partial charge in [-0.1, -0.05) is 0 Å². The van der Waals surface area contributed by atoms with Crippen LogP contribution in [0.25, 0.3) is 0 Å². The minimum absolute atomic E-state index is 0.00541. The van der Waals surface area contributed by atoms with Crippen molar-refractivity contribution in [1.82, 2.24) is 0 Å². The van der Waals surface area contributed by atoms with Crippen molar-refractivity contribution >= 4 is 11.3 Å². The predicted octanol–water partition coefficient (Wildman–Crippen LogP) is 2.50. The number of rotatable bonds is 7. The van der Waals surface area contributed by atoms with Gasteiger partial charge in [0.05, 0.1) is 12.7 Å². The van der Waals surface area contributed by atoms with Crippen LogP contribution in [-0.4, -0.2) is 25.9 Å². The van der Waals surface area contributed by atoms with Crippen LogP contribution in [0.1, 0.15) is 29.7 Å². The third-order valence-electron chi connectivity index (χ3n) is 2.25.